The molecule has 0 fully saturated rings. The van der Waals surface area contributed by atoms with Gasteiger partial charge in [-0.1, -0.05) is 6.92 Å². The highest BCUT2D eigenvalue weighted by atomic mass is 19.1. The maximum Gasteiger partial charge on any atom is 0.343 e. The summed E-state index contributed by atoms with van der Waals surface area (Å²) >= 11 is 0. The van der Waals surface area contributed by atoms with E-state index in [4.69, 9.17) is 9.72 Å². The average molecular weight is 563 g/mol. The standard InChI is InChI=1S/C31H35FN4O5/c1-5-31(40)20-12-24-28-18(14-36(24)29(38)19(20)15-41-30(31)39)27-23(35(6-2)25(37)8-7-11-33-4)10-9-17-16(3)21(32)13-22(34-28)26(17)27/h12-13,23,33,40H,5-11,14-15H2,1-4H3/t23-,31-/m0/s1. The number of cyclic esters (lactones) is 1. The highest BCUT2D eigenvalue weighted by molar-refractivity contribution is 5.94. The number of carbonyl (C=O) groups is 2. The van der Waals surface area contributed by atoms with Crippen LogP contribution in [0.4, 0.5) is 4.39 Å². The van der Waals surface area contributed by atoms with Crippen molar-refractivity contribution < 1.29 is 23.8 Å². The largest absolute Gasteiger partial charge is 0.458 e. The molecule has 2 aliphatic heterocycles. The number of pyridine rings is 2. The van der Waals surface area contributed by atoms with Crippen molar-refractivity contribution in [3.8, 4) is 11.4 Å². The van der Waals surface area contributed by atoms with Crippen LogP contribution in [0.15, 0.2) is 16.9 Å². The minimum atomic E-state index is -1.94. The molecule has 1 aromatic carbocycles. The number of carbonyl (C=O) groups excluding carboxylic acids is 2. The van der Waals surface area contributed by atoms with Crippen molar-refractivity contribution in [2.45, 2.75) is 77.7 Å². The SMILES string of the molecule is CCN(C(=O)CCCNC)[C@H]1CCc2c(C)c(F)cc3nc4c(c1c23)Cn1c-4cc2c(c1=O)COC(=O)[C@]2(O)CC. The van der Waals surface area contributed by atoms with E-state index in [2.05, 4.69) is 5.32 Å². The molecule has 0 unspecified atom stereocenters. The second kappa shape index (κ2) is 10.0. The van der Waals surface area contributed by atoms with Crippen LogP contribution in [0.1, 0.15) is 79.0 Å². The van der Waals surface area contributed by atoms with Crippen molar-refractivity contribution >= 4 is 22.8 Å². The third kappa shape index (κ3) is 3.94. The molecule has 2 atom stereocenters. The monoisotopic (exact) mass is 562 g/mol. The van der Waals surface area contributed by atoms with Gasteiger partial charge in [-0.15, -0.1) is 0 Å². The van der Waals surface area contributed by atoms with Crippen LogP contribution in [0.25, 0.3) is 22.3 Å². The number of rotatable bonds is 7. The minimum Gasteiger partial charge on any atom is -0.458 e. The minimum absolute atomic E-state index is 0.0437. The van der Waals surface area contributed by atoms with Crippen LogP contribution in [0.3, 0.4) is 0 Å². The Kier molecular flexibility index (Phi) is 6.73. The molecule has 0 radical (unpaired) electrons. The number of aromatic nitrogens is 2. The number of hydrogen-bond acceptors (Lipinski definition) is 7. The van der Waals surface area contributed by atoms with Crippen LogP contribution < -0.4 is 10.9 Å². The smallest absolute Gasteiger partial charge is 0.343 e. The van der Waals surface area contributed by atoms with E-state index in [1.807, 2.05) is 18.9 Å². The average Bonchev–Trinajstić information content (AvgIpc) is 3.33. The van der Waals surface area contributed by atoms with Crippen LogP contribution in [0.5, 0.6) is 0 Å². The molecular formula is C31H35FN4O5. The van der Waals surface area contributed by atoms with Gasteiger partial charge < -0.3 is 24.6 Å². The van der Waals surface area contributed by atoms with Crippen LogP contribution in [-0.4, -0.2) is 51.6 Å². The summed E-state index contributed by atoms with van der Waals surface area (Å²) in [5.74, 6) is -1.07. The van der Waals surface area contributed by atoms with E-state index in [0.717, 1.165) is 35.0 Å². The summed E-state index contributed by atoms with van der Waals surface area (Å²) in [4.78, 5) is 46.7. The Morgan fingerprint density at radius 1 is 1.27 bits per heavy atom. The van der Waals surface area contributed by atoms with Crippen LogP contribution in [0, 0.1) is 12.7 Å². The molecule has 2 N–H and O–H groups in total. The number of esters is 1. The van der Waals surface area contributed by atoms with E-state index in [1.165, 1.54) is 6.07 Å². The molecular weight excluding hydrogens is 527 g/mol. The maximum atomic E-state index is 15.2. The molecule has 0 spiro atoms. The quantitative estimate of drug-likeness (QED) is 0.262. The summed E-state index contributed by atoms with van der Waals surface area (Å²) in [6, 6.07) is 2.85. The molecule has 216 valence electrons. The molecule has 1 aliphatic carbocycles. The van der Waals surface area contributed by atoms with Gasteiger partial charge in [0.1, 0.15) is 12.4 Å². The van der Waals surface area contributed by atoms with Crippen molar-refractivity contribution in [2.24, 2.45) is 0 Å². The second-order valence-corrected chi connectivity index (χ2v) is 11.3. The Morgan fingerprint density at radius 3 is 2.76 bits per heavy atom. The molecule has 41 heavy (non-hydrogen) atoms. The fourth-order valence-corrected chi connectivity index (χ4v) is 6.97. The Balaban J connectivity index is 1.60. The number of nitrogens with zero attached hydrogens (tertiary/aromatic N) is 3. The molecule has 9 nitrogen and oxygen atoms in total. The van der Waals surface area contributed by atoms with Crippen molar-refractivity contribution in [3.63, 3.8) is 0 Å². The molecule has 3 aliphatic rings. The van der Waals surface area contributed by atoms with Crippen LogP contribution in [-0.2, 0) is 39.5 Å². The topological polar surface area (TPSA) is 114 Å². The van der Waals surface area contributed by atoms with Crippen molar-refractivity contribution in [1.29, 1.82) is 0 Å². The number of aryl methyl sites for hydroxylation is 1. The normalized spacial score (nSPS) is 20.4. The van der Waals surface area contributed by atoms with E-state index in [0.29, 0.717) is 48.3 Å². The van der Waals surface area contributed by atoms with Gasteiger partial charge in [0.15, 0.2) is 5.60 Å². The van der Waals surface area contributed by atoms with E-state index in [9.17, 15) is 19.5 Å². The highest BCUT2D eigenvalue weighted by Gasteiger charge is 2.46. The number of fused-ring (bicyclic) bond motifs is 5. The molecule has 3 aromatic rings. The van der Waals surface area contributed by atoms with Gasteiger partial charge in [0, 0.05) is 35.5 Å². The van der Waals surface area contributed by atoms with Gasteiger partial charge in [-0.05, 0) is 75.9 Å². The number of ether oxygens (including phenoxy) is 1. The predicted molar refractivity (Wildman–Crippen MR) is 151 cm³/mol. The molecule has 2 aromatic heterocycles. The van der Waals surface area contributed by atoms with Crippen LogP contribution in [0.2, 0.25) is 0 Å². The summed E-state index contributed by atoms with van der Waals surface area (Å²) < 4.78 is 22.0. The Bertz CT molecular complexity index is 1680. The lowest BCUT2D eigenvalue weighted by atomic mass is 9.81. The predicted octanol–water partition coefficient (Wildman–Crippen LogP) is 3.36. The Morgan fingerprint density at radius 2 is 2.05 bits per heavy atom. The molecule has 4 heterocycles. The molecule has 0 bridgehead atoms. The van der Waals surface area contributed by atoms with E-state index in [1.54, 1.807) is 24.5 Å². The summed E-state index contributed by atoms with van der Waals surface area (Å²) in [6.07, 6.45) is 2.42. The molecule has 0 saturated carbocycles. The van der Waals surface area contributed by atoms with Crippen molar-refractivity contribution in [3.05, 3.63) is 61.7 Å². The fraction of sp³-hybridized carbons (Fsp3) is 0.484. The van der Waals surface area contributed by atoms with Gasteiger partial charge in [0.05, 0.1) is 35.1 Å². The molecule has 6 rings (SSSR count). The van der Waals surface area contributed by atoms with Gasteiger partial charge in [-0.2, -0.15) is 0 Å². The number of aliphatic hydroxyl groups is 1. The maximum absolute atomic E-state index is 15.2. The number of halogens is 1. The lowest BCUT2D eigenvalue weighted by Gasteiger charge is -2.37. The van der Waals surface area contributed by atoms with Gasteiger partial charge in [-0.25, -0.2) is 14.2 Å². The molecule has 0 saturated heterocycles. The van der Waals surface area contributed by atoms with Gasteiger partial charge in [0.25, 0.3) is 5.56 Å². The first-order chi connectivity index (χ1) is 19.7. The second-order valence-electron chi connectivity index (χ2n) is 11.3. The zero-order valence-electron chi connectivity index (χ0n) is 23.9. The molecule has 1 amide bonds. The third-order valence-electron chi connectivity index (χ3n) is 9.20. The van der Waals surface area contributed by atoms with Crippen LogP contribution >= 0.6 is 0 Å². The van der Waals surface area contributed by atoms with Crippen molar-refractivity contribution in [2.75, 3.05) is 20.1 Å². The lowest BCUT2D eigenvalue weighted by molar-refractivity contribution is -0.172. The highest BCUT2D eigenvalue weighted by Crippen LogP contribution is 2.47. The Labute approximate surface area is 237 Å². The number of nitrogens with one attached hydrogen (secondary N) is 1. The molecule has 10 heteroatoms. The van der Waals surface area contributed by atoms with Crippen molar-refractivity contribution in [1.82, 2.24) is 19.8 Å². The first-order valence-electron chi connectivity index (χ1n) is 14.4. The first kappa shape index (κ1) is 27.5. The summed E-state index contributed by atoms with van der Waals surface area (Å²) in [7, 11) is 1.86. The van der Waals surface area contributed by atoms with E-state index >= 15 is 4.39 Å². The van der Waals surface area contributed by atoms with E-state index in [-0.39, 0.29) is 54.0 Å². The lowest BCUT2D eigenvalue weighted by Crippen LogP contribution is -2.44. The number of amides is 1. The zero-order chi connectivity index (χ0) is 29.2. The zero-order valence-corrected chi connectivity index (χ0v) is 23.9. The summed E-state index contributed by atoms with van der Waals surface area (Å²) in [6.45, 7) is 6.68. The number of benzene rings is 1. The third-order valence-corrected chi connectivity index (χ3v) is 9.20. The summed E-state index contributed by atoms with van der Waals surface area (Å²) in [5.41, 5.74) is 2.87. The first-order valence-corrected chi connectivity index (χ1v) is 14.4. The van der Waals surface area contributed by atoms with Gasteiger partial charge in [-0.3, -0.25) is 9.59 Å². The fourth-order valence-electron chi connectivity index (χ4n) is 6.97. The van der Waals surface area contributed by atoms with Gasteiger partial charge in [0.2, 0.25) is 5.91 Å². The summed E-state index contributed by atoms with van der Waals surface area (Å²) in [5, 5.41) is 15.2. The van der Waals surface area contributed by atoms with E-state index < -0.39 is 11.6 Å². The van der Waals surface area contributed by atoms with Gasteiger partial charge >= 0.3 is 5.97 Å². The Hall–Kier alpha value is -3.63. The number of hydrogen-bond donors (Lipinski definition) is 2.